The van der Waals surface area contributed by atoms with Crippen LogP contribution < -0.4 is 4.74 Å². The molecule has 2 rings (SSSR count). The van der Waals surface area contributed by atoms with Crippen LogP contribution >= 0.6 is 0 Å². The maximum absolute atomic E-state index is 12.4. The predicted octanol–water partition coefficient (Wildman–Crippen LogP) is 5.00. The fraction of sp³-hybridized carbons (Fsp3) is 0.250. The van der Waals surface area contributed by atoms with Gasteiger partial charge in [0.1, 0.15) is 5.75 Å². The smallest absolute Gasteiger partial charge is 0.405 e. The molecule has 0 spiro atoms. The summed E-state index contributed by atoms with van der Waals surface area (Å²) in [6, 6.07) is 14.6. The molecule has 1 nitrogen and oxygen atoms in total. The lowest BCUT2D eigenvalue weighted by molar-refractivity contribution is -0.274. The first-order valence-electron chi connectivity index (χ1n) is 6.35. The Morgan fingerprint density at radius 1 is 1.10 bits per heavy atom. The summed E-state index contributed by atoms with van der Waals surface area (Å²) in [7, 11) is 0. The molecule has 0 saturated carbocycles. The van der Waals surface area contributed by atoms with Crippen molar-refractivity contribution in [2.24, 2.45) is 0 Å². The van der Waals surface area contributed by atoms with Crippen LogP contribution in [-0.4, -0.2) is 6.36 Å². The molecule has 0 aromatic heterocycles. The van der Waals surface area contributed by atoms with Crippen molar-refractivity contribution >= 4 is 0 Å². The van der Waals surface area contributed by atoms with Crippen LogP contribution in [0.25, 0.3) is 11.1 Å². The minimum absolute atomic E-state index is 0.198. The Morgan fingerprint density at radius 2 is 1.85 bits per heavy atom. The molecule has 105 valence electrons. The molecule has 0 N–H and O–H groups in total. The van der Waals surface area contributed by atoms with Gasteiger partial charge < -0.3 is 4.74 Å². The number of hydrogen-bond donors (Lipinski definition) is 0. The first-order valence-corrected chi connectivity index (χ1v) is 6.35. The monoisotopic (exact) mass is 279 g/mol. The molecule has 0 fully saturated rings. The summed E-state index contributed by atoms with van der Waals surface area (Å²) in [5.41, 5.74) is 2.11. The van der Waals surface area contributed by atoms with Gasteiger partial charge in [0.15, 0.2) is 0 Å². The summed E-state index contributed by atoms with van der Waals surface area (Å²) in [4.78, 5) is 0. The van der Waals surface area contributed by atoms with Crippen molar-refractivity contribution in [2.75, 3.05) is 0 Å². The molecular weight excluding hydrogens is 265 g/mol. The average Bonchev–Trinajstić information content (AvgIpc) is 2.39. The van der Waals surface area contributed by atoms with Crippen molar-refractivity contribution in [2.45, 2.75) is 26.1 Å². The third-order valence-electron chi connectivity index (χ3n) is 2.82. The van der Waals surface area contributed by atoms with E-state index in [1.54, 1.807) is 24.3 Å². The van der Waals surface area contributed by atoms with Crippen LogP contribution in [0.5, 0.6) is 5.75 Å². The van der Waals surface area contributed by atoms with Gasteiger partial charge in [-0.25, -0.2) is 0 Å². The van der Waals surface area contributed by atoms with Gasteiger partial charge >= 0.3 is 6.36 Å². The standard InChI is InChI=1S/C16H14F3O/c1-2-5-12-8-10-13(11-9-12)14-6-3-4-7-15(14)20-16(17,18)19/h3-4,6-8,10-11H,2,5H2,1H3. The highest BCUT2D eigenvalue weighted by Crippen LogP contribution is 2.33. The molecular formula is C16H14F3O. The SMILES string of the molecule is CCCc1[c]cc(-c2ccccc2OC(F)(F)F)cc1. The lowest BCUT2D eigenvalue weighted by atomic mass is 10.0. The van der Waals surface area contributed by atoms with Crippen molar-refractivity contribution in [3.63, 3.8) is 0 Å². The second-order valence-corrected chi connectivity index (χ2v) is 4.40. The second-order valence-electron chi connectivity index (χ2n) is 4.40. The lowest BCUT2D eigenvalue weighted by Crippen LogP contribution is -2.17. The first kappa shape index (κ1) is 14.4. The highest BCUT2D eigenvalue weighted by atomic mass is 19.4. The highest BCUT2D eigenvalue weighted by molar-refractivity contribution is 5.70. The summed E-state index contributed by atoms with van der Waals surface area (Å²) < 4.78 is 41.2. The molecule has 0 aliphatic carbocycles. The number of ether oxygens (including phenoxy) is 1. The van der Waals surface area contributed by atoms with Crippen LogP contribution in [0.15, 0.2) is 42.5 Å². The van der Waals surface area contributed by atoms with Gasteiger partial charge in [-0.3, -0.25) is 0 Å². The number of aryl methyl sites for hydroxylation is 1. The van der Waals surface area contributed by atoms with Crippen LogP contribution in [0.3, 0.4) is 0 Å². The largest absolute Gasteiger partial charge is 0.573 e. The zero-order chi connectivity index (χ0) is 14.6. The number of hydrogen-bond acceptors (Lipinski definition) is 1. The van der Waals surface area contributed by atoms with E-state index in [0.29, 0.717) is 11.1 Å². The van der Waals surface area contributed by atoms with Crippen molar-refractivity contribution in [1.82, 2.24) is 0 Å². The zero-order valence-corrected chi connectivity index (χ0v) is 11.0. The van der Waals surface area contributed by atoms with Crippen molar-refractivity contribution in [3.8, 4) is 16.9 Å². The number of para-hydroxylation sites is 1. The molecule has 4 heteroatoms. The molecule has 0 aliphatic rings. The van der Waals surface area contributed by atoms with Crippen LogP contribution in [0, 0.1) is 6.07 Å². The van der Waals surface area contributed by atoms with Crippen LogP contribution in [0.1, 0.15) is 18.9 Å². The van der Waals surface area contributed by atoms with E-state index in [0.717, 1.165) is 18.4 Å². The molecule has 0 aliphatic heterocycles. The Balaban J connectivity index is 2.32. The second kappa shape index (κ2) is 5.99. The average molecular weight is 279 g/mol. The van der Waals surface area contributed by atoms with E-state index in [9.17, 15) is 13.2 Å². The van der Waals surface area contributed by atoms with Gasteiger partial charge in [0, 0.05) is 5.56 Å². The summed E-state index contributed by atoms with van der Waals surface area (Å²) in [5, 5.41) is 0. The third-order valence-corrected chi connectivity index (χ3v) is 2.82. The molecule has 2 aromatic rings. The van der Waals surface area contributed by atoms with E-state index >= 15 is 0 Å². The topological polar surface area (TPSA) is 9.23 Å². The summed E-state index contributed by atoms with van der Waals surface area (Å²) in [6.45, 7) is 2.06. The molecule has 20 heavy (non-hydrogen) atoms. The van der Waals surface area contributed by atoms with E-state index in [1.165, 1.54) is 12.1 Å². The Bertz CT molecular complexity index is 559. The Hall–Kier alpha value is -1.97. The Morgan fingerprint density at radius 3 is 2.45 bits per heavy atom. The van der Waals surface area contributed by atoms with Gasteiger partial charge in [-0.1, -0.05) is 43.7 Å². The molecule has 0 amide bonds. The van der Waals surface area contributed by atoms with Gasteiger partial charge in [-0.2, -0.15) is 0 Å². The molecule has 0 atom stereocenters. The molecule has 0 heterocycles. The minimum Gasteiger partial charge on any atom is -0.405 e. The van der Waals surface area contributed by atoms with Gasteiger partial charge in [0.2, 0.25) is 0 Å². The van der Waals surface area contributed by atoms with Gasteiger partial charge in [-0.05, 0) is 35.7 Å². The van der Waals surface area contributed by atoms with Gasteiger partial charge in [0.25, 0.3) is 0 Å². The summed E-state index contributed by atoms with van der Waals surface area (Å²) in [6.07, 6.45) is -2.79. The van der Waals surface area contributed by atoms with Crippen LogP contribution in [0.2, 0.25) is 0 Å². The minimum atomic E-state index is -4.69. The Labute approximate surface area is 116 Å². The summed E-state index contributed by atoms with van der Waals surface area (Å²) in [5.74, 6) is -0.198. The van der Waals surface area contributed by atoms with E-state index in [-0.39, 0.29) is 5.75 Å². The van der Waals surface area contributed by atoms with Crippen molar-refractivity contribution in [3.05, 3.63) is 54.1 Å². The number of halogens is 3. The fourth-order valence-corrected chi connectivity index (χ4v) is 1.97. The lowest BCUT2D eigenvalue weighted by Gasteiger charge is -2.13. The normalized spacial score (nSPS) is 11.4. The first-order chi connectivity index (χ1) is 9.49. The van der Waals surface area contributed by atoms with Crippen molar-refractivity contribution < 1.29 is 17.9 Å². The number of benzene rings is 2. The number of alkyl halides is 3. The van der Waals surface area contributed by atoms with E-state index in [4.69, 9.17) is 0 Å². The maximum Gasteiger partial charge on any atom is 0.573 e. The quantitative estimate of drug-likeness (QED) is 0.764. The fourth-order valence-electron chi connectivity index (χ4n) is 1.97. The van der Waals surface area contributed by atoms with Crippen molar-refractivity contribution in [1.29, 1.82) is 0 Å². The molecule has 2 aromatic carbocycles. The van der Waals surface area contributed by atoms with E-state index < -0.39 is 6.36 Å². The maximum atomic E-state index is 12.4. The van der Waals surface area contributed by atoms with Gasteiger partial charge in [-0.15, -0.1) is 13.2 Å². The predicted molar refractivity (Wildman–Crippen MR) is 71.4 cm³/mol. The molecule has 1 radical (unpaired) electrons. The Kier molecular flexibility index (Phi) is 4.32. The molecule has 0 saturated heterocycles. The molecule has 0 unspecified atom stereocenters. The van der Waals surface area contributed by atoms with Gasteiger partial charge in [0.05, 0.1) is 0 Å². The molecule has 0 bridgehead atoms. The van der Waals surface area contributed by atoms with Crippen LogP contribution in [-0.2, 0) is 6.42 Å². The van der Waals surface area contributed by atoms with E-state index in [2.05, 4.69) is 17.7 Å². The number of rotatable bonds is 4. The van der Waals surface area contributed by atoms with Crippen LogP contribution in [0.4, 0.5) is 13.2 Å². The highest BCUT2D eigenvalue weighted by Gasteiger charge is 2.32. The third kappa shape index (κ3) is 3.76. The van der Waals surface area contributed by atoms with E-state index in [1.807, 2.05) is 6.07 Å². The zero-order valence-electron chi connectivity index (χ0n) is 11.0. The summed E-state index contributed by atoms with van der Waals surface area (Å²) >= 11 is 0.